The first-order valence-electron chi connectivity index (χ1n) is 6.19. The molecule has 0 amide bonds. The Morgan fingerprint density at radius 3 is 2.47 bits per heavy atom. The highest BCUT2D eigenvalue weighted by Gasteiger charge is 2.29. The number of hydrogen-bond donors (Lipinski definition) is 1. The van der Waals surface area contributed by atoms with Crippen LogP contribution in [-0.2, 0) is 0 Å². The smallest absolute Gasteiger partial charge is 0.0325 e. The molecule has 1 aromatic rings. The summed E-state index contributed by atoms with van der Waals surface area (Å²) in [5.74, 6) is 0.749. The van der Waals surface area contributed by atoms with Crippen molar-refractivity contribution in [3.05, 3.63) is 35.4 Å². The summed E-state index contributed by atoms with van der Waals surface area (Å²) in [5, 5.41) is 3.77. The first-order chi connectivity index (χ1) is 7.34. The maximum atomic E-state index is 3.77. The second-order valence-electron chi connectivity index (χ2n) is 5.10. The predicted molar refractivity (Wildman–Crippen MR) is 63.0 cm³/mol. The van der Waals surface area contributed by atoms with E-state index in [4.69, 9.17) is 0 Å². The fourth-order valence-corrected chi connectivity index (χ4v) is 2.71. The summed E-state index contributed by atoms with van der Waals surface area (Å²) in [6.45, 7) is 2.35. The van der Waals surface area contributed by atoms with Crippen molar-refractivity contribution < 1.29 is 0 Å². The zero-order valence-electron chi connectivity index (χ0n) is 9.37. The maximum Gasteiger partial charge on any atom is 0.0325 e. The average Bonchev–Trinajstić information content (AvgIpc) is 3.07. The Bertz CT molecular complexity index is 354. The molecule has 80 valence electrons. The molecule has 0 heterocycles. The van der Waals surface area contributed by atoms with Crippen molar-refractivity contribution in [1.29, 1.82) is 0 Å². The van der Waals surface area contributed by atoms with Crippen molar-refractivity contribution >= 4 is 0 Å². The summed E-state index contributed by atoms with van der Waals surface area (Å²) in [4.78, 5) is 0. The molecule has 0 aromatic heterocycles. The molecule has 0 aliphatic heterocycles. The van der Waals surface area contributed by atoms with E-state index >= 15 is 0 Å². The molecule has 2 aliphatic carbocycles. The Labute approximate surface area is 91.9 Å². The third kappa shape index (κ3) is 1.81. The van der Waals surface area contributed by atoms with Gasteiger partial charge in [-0.3, -0.25) is 0 Å². The molecule has 1 nitrogen and oxygen atoms in total. The quantitative estimate of drug-likeness (QED) is 0.773. The van der Waals surface area contributed by atoms with Crippen LogP contribution in [0.25, 0.3) is 0 Å². The average molecular weight is 201 g/mol. The lowest BCUT2D eigenvalue weighted by Crippen LogP contribution is -2.27. The molecule has 0 spiro atoms. The lowest BCUT2D eigenvalue weighted by atomic mass is 9.81. The molecule has 0 radical (unpaired) electrons. The standard InChI is InChI=1S/C14H19N/c1-10-6-9-14(15-11-7-8-11)13-5-3-2-4-12(10)13/h2-5,10-11,14-15H,6-9H2,1H3/t10-,14+/m1/s1. The summed E-state index contributed by atoms with van der Waals surface area (Å²) < 4.78 is 0. The number of benzene rings is 1. The van der Waals surface area contributed by atoms with E-state index in [1.807, 2.05) is 0 Å². The first kappa shape index (κ1) is 9.41. The number of hydrogen-bond acceptors (Lipinski definition) is 1. The molecular weight excluding hydrogens is 182 g/mol. The van der Waals surface area contributed by atoms with Crippen molar-refractivity contribution in [2.24, 2.45) is 0 Å². The Hall–Kier alpha value is -0.820. The molecule has 1 fully saturated rings. The van der Waals surface area contributed by atoms with Crippen LogP contribution in [0.3, 0.4) is 0 Å². The van der Waals surface area contributed by atoms with Crippen LogP contribution < -0.4 is 5.32 Å². The van der Waals surface area contributed by atoms with Gasteiger partial charge < -0.3 is 5.32 Å². The van der Waals surface area contributed by atoms with E-state index in [0.717, 1.165) is 12.0 Å². The van der Waals surface area contributed by atoms with Crippen LogP contribution in [-0.4, -0.2) is 6.04 Å². The van der Waals surface area contributed by atoms with Crippen LogP contribution >= 0.6 is 0 Å². The highest BCUT2D eigenvalue weighted by atomic mass is 15.0. The van der Waals surface area contributed by atoms with E-state index in [-0.39, 0.29) is 0 Å². The molecule has 0 bridgehead atoms. The molecule has 2 atom stereocenters. The molecule has 3 rings (SSSR count). The SMILES string of the molecule is C[C@@H]1CC[C@H](NC2CC2)c2ccccc21. The molecule has 1 N–H and O–H groups in total. The Morgan fingerprint density at radius 2 is 1.73 bits per heavy atom. The van der Waals surface area contributed by atoms with Crippen molar-refractivity contribution in [2.75, 3.05) is 0 Å². The van der Waals surface area contributed by atoms with E-state index in [1.165, 1.54) is 25.7 Å². The molecular formula is C14H19N. The van der Waals surface area contributed by atoms with Gasteiger partial charge in [0.05, 0.1) is 0 Å². The fraction of sp³-hybridized carbons (Fsp3) is 0.571. The van der Waals surface area contributed by atoms with Gasteiger partial charge in [-0.1, -0.05) is 31.2 Å². The summed E-state index contributed by atoms with van der Waals surface area (Å²) >= 11 is 0. The molecule has 0 saturated heterocycles. The van der Waals surface area contributed by atoms with Gasteiger partial charge in [0.25, 0.3) is 0 Å². The van der Waals surface area contributed by atoms with E-state index in [1.54, 1.807) is 11.1 Å². The summed E-state index contributed by atoms with van der Waals surface area (Å²) in [6, 6.07) is 10.4. The van der Waals surface area contributed by atoms with E-state index in [2.05, 4.69) is 36.5 Å². The maximum absolute atomic E-state index is 3.77. The van der Waals surface area contributed by atoms with E-state index < -0.39 is 0 Å². The van der Waals surface area contributed by atoms with Crippen LogP contribution in [0.15, 0.2) is 24.3 Å². The van der Waals surface area contributed by atoms with E-state index in [0.29, 0.717) is 6.04 Å². The van der Waals surface area contributed by atoms with Gasteiger partial charge in [0.15, 0.2) is 0 Å². The molecule has 1 heteroatoms. The predicted octanol–water partition coefficient (Wildman–Crippen LogP) is 3.38. The lowest BCUT2D eigenvalue weighted by Gasteiger charge is -2.30. The first-order valence-corrected chi connectivity index (χ1v) is 6.19. The van der Waals surface area contributed by atoms with Gasteiger partial charge in [0.2, 0.25) is 0 Å². The van der Waals surface area contributed by atoms with Crippen molar-refractivity contribution in [3.63, 3.8) is 0 Å². The lowest BCUT2D eigenvalue weighted by molar-refractivity contribution is 0.430. The number of rotatable bonds is 2. The van der Waals surface area contributed by atoms with Crippen molar-refractivity contribution in [3.8, 4) is 0 Å². The normalized spacial score (nSPS) is 29.9. The van der Waals surface area contributed by atoms with Gasteiger partial charge in [-0.05, 0) is 42.7 Å². The van der Waals surface area contributed by atoms with Crippen LogP contribution in [0, 0.1) is 0 Å². The van der Waals surface area contributed by atoms with Crippen molar-refractivity contribution in [1.82, 2.24) is 5.32 Å². The second kappa shape index (κ2) is 3.64. The van der Waals surface area contributed by atoms with Gasteiger partial charge >= 0.3 is 0 Å². The fourth-order valence-electron chi connectivity index (χ4n) is 2.71. The van der Waals surface area contributed by atoms with Gasteiger partial charge in [-0.2, -0.15) is 0 Å². The molecule has 0 unspecified atom stereocenters. The third-order valence-corrected chi connectivity index (χ3v) is 3.80. The molecule has 15 heavy (non-hydrogen) atoms. The summed E-state index contributed by atoms with van der Waals surface area (Å²) in [7, 11) is 0. The minimum Gasteiger partial charge on any atom is -0.307 e. The number of fused-ring (bicyclic) bond motifs is 1. The Kier molecular flexibility index (Phi) is 2.28. The van der Waals surface area contributed by atoms with Crippen LogP contribution in [0.1, 0.15) is 55.7 Å². The third-order valence-electron chi connectivity index (χ3n) is 3.80. The van der Waals surface area contributed by atoms with Crippen molar-refractivity contribution in [2.45, 2.75) is 50.6 Å². The molecule has 1 saturated carbocycles. The number of nitrogens with one attached hydrogen (secondary N) is 1. The summed E-state index contributed by atoms with van der Waals surface area (Å²) in [6.07, 6.45) is 5.42. The van der Waals surface area contributed by atoms with Crippen LogP contribution in [0.4, 0.5) is 0 Å². The topological polar surface area (TPSA) is 12.0 Å². The highest BCUT2D eigenvalue weighted by molar-refractivity contribution is 5.35. The minimum atomic E-state index is 0.630. The van der Waals surface area contributed by atoms with E-state index in [9.17, 15) is 0 Å². The van der Waals surface area contributed by atoms with Gasteiger partial charge in [-0.15, -0.1) is 0 Å². The zero-order chi connectivity index (χ0) is 10.3. The Morgan fingerprint density at radius 1 is 1.00 bits per heavy atom. The van der Waals surface area contributed by atoms with Crippen LogP contribution in [0.2, 0.25) is 0 Å². The summed E-state index contributed by atoms with van der Waals surface area (Å²) in [5.41, 5.74) is 3.13. The van der Waals surface area contributed by atoms with Gasteiger partial charge in [-0.25, -0.2) is 0 Å². The second-order valence-corrected chi connectivity index (χ2v) is 5.10. The monoisotopic (exact) mass is 201 g/mol. The molecule has 1 aromatic carbocycles. The minimum absolute atomic E-state index is 0.630. The van der Waals surface area contributed by atoms with Gasteiger partial charge in [0, 0.05) is 12.1 Å². The molecule has 2 aliphatic rings. The van der Waals surface area contributed by atoms with Crippen LogP contribution in [0.5, 0.6) is 0 Å². The Balaban J connectivity index is 1.89. The largest absolute Gasteiger partial charge is 0.307 e. The van der Waals surface area contributed by atoms with Gasteiger partial charge in [0.1, 0.15) is 0 Å². The highest BCUT2D eigenvalue weighted by Crippen LogP contribution is 2.38. The zero-order valence-corrected chi connectivity index (χ0v) is 9.37.